The average Bonchev–Trinajstić information content (AvgIpc) is 2.37. The van der Waals surface area contributed by atoms with Gasteiger partial charge in [-0.2, -0.15) is 0 Å². The van der Waals surface area contributed by atoms with Gasteiger partial charge in [-0.15, -0.1) is 11.3 Å². The molecule has 0 N–H and O–H groups in total. The lowest BCUT2D eigenvalue weighted by atomic mass is 10.5. The third-order valence-corrected chi connectivity index (χ3v) is 2.21. The average molecular weight is 192 g/mol. The van der Waals surface area contributed by atoms with Crippen LogP contribution in [0.1, 0.15) is 18.2 Å². The van der Waals surface area contributed by atoms with E-state index in [-0.39, 0.29) is 0 Å². The van der Waals surface area contributed by atoms with Crippen LogP contribution in [0.3, 0.4) is 0 Å². The van der Waals surface area contributed by atoms with E-state index >= 15 is 0 Å². The molecule has 1 aromatic rings. The maximum Gasteiger partial charge on any atom is 0.183 e. The molecule has 0 aromatic carbocycles. The van der Waals surface area contributed by atoms with Gasteiger partial charge in [0.15, 0.2) is 4.47 Å². The van der Waals surface area contributed by atoms with Crippen LogP contribution in [0.5, 0.6) is 0 Å². The number of hydrogen-bond donors (Lipinski definition) is 0. The van der Waals surface area contributed by atoms with Gasteiger partial charge >= 0.3 is 0 Å². The highest BCUT2D eigenvalue weighted by atomic mass is 35.5. The number of thiazole rings is 1. The minimum atomic E-state index is 0.583. The van der Waals surface area contributed by atoms with Crippen molar-refractivity contribution < 1.29 is 4.74 Å². The number of halogens is 1. The third kappa shape index (κ3) is 3.18. The molecule has 1 heterocycles. The fourth-order valence-corrected chi connectivity index (χ4v) is 1.58. The highest BCUT2D eigenvalue weighted by molar-refractivity contribution is 7.15. The lowest BCUT2D eigenvalue weighted by Crippen LogP contribution is -1.90. The molecule has 0 amide bonds. The fraction of sp³-hybridized carbons (Fsp3) is 0.571. The van der Waals surface area contributed by atoms with E-state index in [9.17, 15) is 0 Å². The molecular formula is C7H10ClNOS. The Balaban J connectivity index is 2.27. The maximum atomic E-state index is 5.63. The minimum Gasteiger partial charge on any atom is -0.376 e. The monoisotopic (exact) mass is 191 g/mol. The van der Waals surface area contributed by atoms with Crippen LogP contribution in [0.25, 0.3) is 0 Å². The molecule has 0 bridgehead atoms. The van der Waals surface area contributed by atoms with Crippen molar-refractivity contribution >= 4 is 22.9 Å². The predicted molar refractivity (Wildman–Crippen MR) is 47.1 cm³/mol. The molecule has 0 spiro atoms. The number of rotatable bonds is 4. The molecule has 2 nitrogen and oxygen atoms in total. The summed E-state index contributed by atoms with van der Waals surface area (Å²) < 4.78 is 5.88. The molecule has 62 valence electrons. The molecule has 0 aliphatic heterocycles. The summed E-state index contributed by atoms with van der Waals surface area (Å²) in [5.74, 6) is 0. The Labute approximate surface area is 75.2 Å². The first-order valence-electron chi connectivity index (χ1n) is 3.51. The van der Waals surface area contributed by atoms with Crippen molar-refractivity contribution in [1.82, 2.24) is 4.98 Å². The lowest BCUT2D eigenvalue weighted by Gasteiger charge is -1.96. The highest BCUT2D eigenvalue weighted by Crippen LogP contribution is 2.18. The minimum absolute atomic E-state index is 0.583. The largest absolute Gasteiger partial charge is 0.376 e. The third-order valence-electron chi connectivity index (χ3n) is 1.12. The van der Waals surface area contributed by atoms with E-state index in [0.29, 0.717) is 11.1 Å². The molecule has 0 aliphatic carbocycles. The fourth-order valence-electron chi connectivity index (χ4n) is 0.667. The van der Waals surface area contributed by atoms with Gasteiger partial charge in [0.25, 0.3) is 0 Å². The molecule has 0 unspecified atom stereocenters. The summed E-state index contributed by atoms with van der Waals surface area (Å²) in [6.45, 7) is 3.52. The number of aromatic nitrogens is 1. The summed E-state index contributed by atoms with van der Waals surface area (Å²) in [5.41, 5.74) is 0. The Morgan fingerprint density at radius 3 is 3.09 bits per heavy atom. The van der Waals surface area contributed by atoms with Crippen molar-refractivity contribution in [3.05, 3.63) is 15.5 Å². The van der Waals surface area contributed by atoms with Gasteiger partial charge in [-0.05, 0) is 6.42 Å². The van der Waals surface area contributed by atoms with Crippen molar-refractivity contribution in [3.8, 4) is 0 Å². The van der Waals surface area contributed by atoms with Gasteiger partial charge in [0.05, 0.1) is 11.5 Å². The van der Waals surface area contributed by atoms with Gasteiger partial charge in [-0.1, -0.05) is 18.5 Å². The second-order valence-electron chi connectivity index (χ2n) is 2.13. The summed E-state index contributed by atoms with van der Waals surface area (Å²) in [6, 6.07) is 0. The van der Waals surface area contributed by atoms with E-state index in [1.165, 1.54) is 11.3 Å². The molecule has 0 saturated heterocycles. The summed E-state index contributed by atoms with van der Waals surface area (Å²) in [7, 11) is 0. The zero-order valence-corrected chi connectivity index (χ0v) is 7.91. The van der Waals surface area contributed by atoms with Crippen LogP contribution in [0.2, 0.25) is 4.47 Å². The van der Waals surface area contributed by atoms with Crippen LogP contribution < -0.4 is 0 Å². The van der Waals surface area contributed by atoms with E-state index in [0.717, 1.165) is 17.9 Å². The number of hydrogen-bond acceptors (Lipinski definition) is 3. The van der Waals surface area contributed by atoms with Gasteiger partial charge < -0.3 is 4.74 Å². The summed E-state index contributed by atoms with van der Waals surface area (Å²) >= 11 is 7.09. The van der Waals surface area contributed by atoms with Crippen LogP contribution >= 0.6 is 22.9 Å². The molecule has 0 aliphatic rings. The lowest BCUT2D eigenvalue weighted by molar-refractivity contribution is 0.123. The molecule has 1 aromatic heterocycles. The Morgan fingerprint density at radius 2 is 2.55 bits per heavy atom. The van der Waals surface area contributed by atoms with Gasteiger partial charge in [-0.25, -0.2) is 4.98 Å². The standard InChI is InChI=1S/C7H10ClNOS/c1-2-3-10-5-6-4-9-7(8)11-6/h4H,2-3,5H2,1H3. The van der Waals surface area contributed by atoms with Crippen LogP contribution in [0.4, 0.5) is 0 Å². The van der Waals surface area contributed by atoms with Gasteiger partial charge in [-0.3, -0.25) is 0 Å². The number of ether oxygens (including phenoxy) is 1. The van der Waals surface area contributed by atoms with Crippen molar-refractivity contribution in [2.45, 2.75) is 20.0 Å². The van der Waals surface area contributed by atoms with Crippen molar-refractivity contribution in [2.75, 3.05) is 6.61 Å². The van der Waals surface area contributed by atoms with E-state index in [4.69, 9.17) is 16.3 Å². The summed E-state index contributed by atoms with van der Waals surface area (Å²) in [5, 5.41) is 0. The molecule has 0 saturated carbocycles. The molecule has 0 radical (unpaired) electrons. The van der Waals surface area contributed by atoms with Crippen molar-refractivity contribution in [3.63, 3.8) is 0 Å². The van der Waals surface area contributed by atoms with Gasteiger partial charge in [0.2, 0.25) is 0 Å². The van der Waals surface area contributed by atoms with Crippen LogP contribution in [-0.4, -0.2) is 11.6 Å². The van der Waals surface area contributed by atoms with E-state index in [1.54, 1.807) is 6.20 Å². The first-order chi connectivity index (χ1) is 5.33. The quantitative estimate of drug-likeness (QED) is 0.683. The summed E-state index contributed by atoms with van der Waals surface area (Å²) in [4.78, 5) is 4.99. The molecule has 4 heteroatoms. The van der Waals surface area contributed by atoms with Crippen LogP contribution in [-0.2, 0) is 11.3 Å². The molecule has 0 atom stereocenters. The zero-order valence-electron chi connectivity index (χ0n) is 6.34. The SMILES string of the molecule is CCCOCc1cnc(Cl)s1. The molecule has 11 heavy (non-hydrogen) atoms. The first kappa shape index (κ1) is 8.97. The predicted octanol–water partition coefficient (Wildman–Crippen LogP) is 2.72. The second kappa shape index (κ2) is 4.70. The molecule has 1 rings (SSSR count). The zero-order chi connectivity index (χ0) is 8.10. The van der Waals surface area contributed by atoms with Crippen LogP contribution in [0.15, 0.2) is 6.20 Å². The normalized spacial score (nSPS) is 10.4. The smallest absolute Gasteiger partial charge is 0.183 e. The maximum absolute atomic E-state index is 5.63. The topological polar surface area (TPSA) is 22.1 Å². The van der Waals surface area contributed by atoms with E-state index in [1.807, 2.05) is 0 Å². The highest BCUT2D eigenvalue weighted by Gasteiger charge is 1.97. The van der Waals surface area contributed by atoms with Crippen LogP contribution in [0, 0.1) is 0 Å². The first-order valence-corrected chi connectivity index (χ1v) is 4.70. The Kier molecular flexibility index (Phi) is 3.83. The number of nitrogens with zero attached hydrogens (tertiary/aromatic N) is 1. The van der Waals surface area contributed by atoms with Crippen molar-refractivity contribution in [2.24, 2.45) is 0 Å². The van der Waals surface area contributed by atoms with Gasteiger partial charge in [0.1, 0.15) is 0 Å². The van der Waals surface area contributed by atoms with E-state index < -0.39 is 0 Å². The van der Waals surface area contributed by atoms with E-state index in [2.05, 4.69) is 11.9 Å². The Morgan fingerprint density at radius 1 is 1.73 bits per heavy atom. The molecular weight excluding hydrogens is 182 g/mol. The molecule has 0 fully saturated rings. The summed E-state index contributed by atoms with van der Waals surface area (Å²) in [6.07, 6.45) is 2.80. The Hall–Kier alpha value is -0.120. The Bertz CT molecular complexity index is 214. The van der Waals surface area contributed by atoms with Crippen molar-refractivity contribution in [1.29, 1.82) is 0 Å². The van der Waals surface area contributed by atoms with Gasteiger partial charge in [0, 0.05) is 12.8 Å². The second-order valence-corrected chi connectivity index (χ2v) is 3.83.